The van der Waals surface area contributed by atoms with E-state index < -0.39 is 54.3 Å². The topological polar surface area (TPSA) is 188 Å². The van der Waals surface area contributed by atoms with Crippen molar-refractivity contribution in [2.24, 2.45) is 5.73 Å². The van der Waals surface area contributed by atoms with E-state index in [0.29, 0.717) is 0 Å². The molecule has 24 heavy (non-hydrogen) atoms. The third kappa shape index (κ3) is 3.39. The molecule has 134 valence electrons. The molecule has 0 amide bonds. The summed E-state index contributed by atoms with van der Waals surface area (Å²) in [4.78, 5) is 37.2. The van der Waals surface area contributed by atoms with Crippen molar-refractivity contribution < 1.29 is 30.0 Å². The van der Waals surface area contributed by atoms with Crippen molar-refractivity contribution >= 4 is 5.97 Å². The first kappa shape index (κ1) is 18.3. The molecule has 0 radical (unpaired) electrons. The highest BCUT2D eigenvalue weighted by Gasteiger charge is 2.44. The lowest BCUT2D eigenvalue weighted by Gasteiger charge is -2.15. The van der Waals surface area contributed by atoms with Crippen LogP contribution in [0.3, 0.4) is 0 Å². The Labute approximate surface area is 134 Å². The number of aliphatic hydroxyl groups excluding tert-OH is 3. The number of carbonyl (C=O) groups is 1. The molecule has 2 rings (SSSR count). The van der Waals surface area contributed by atoms with Crippen LogP contribution in [0.15, 0.2) is 15.8 Å². The second-order valence-corrected chi connectivity index (χ2v) is 5.50. The number of carboxylic acid groups (broad SMARTS) is 1. The third-order valence-electron chi connectivity index (χ3n) is 3.92. The number of H-pyrrole nitrogens is 1. The average molecular weight is 345 g/mol. The van der Waals surface area contributed by atoms with Gasteiger partial charge in [0.25, 0.3) is 5.56 Å². The molecule has 1 fully saturated rings. The Morgan fingerprint density at radius 1 is 1.38 bits per heavy atom. The van der Waals surface area contributed by atoms with Gasteiger partial charge in [0, 0.05) is 12.7 Å². The van der Waals surface area contributed by atoms with Gasteiger partial charge in [-0.3, -0.25) is 14.2 Å². The molecule has 0 aliphatic carbocycles. The number of hydrogen-bond donors (Lipinski definition) is 6. The van der Waals surface area contributed by atoms with Crippen LogP contribution in [0.25, 0.3) is 0 Å². The van der Waals surface area contributed by atoms with Gasteiger partial charge in [-0.1, -0.05) is 0 Å². The van der Waals surface area contributed by atoms with Crippen LogP contribution in [-0.2, 0) is 16.1 Å². The van der Waals surface area contributed by atoms with Crippen molar-refractivity contribution in [1.82, 2.24) is 9.55 Å². The van der Waals surface area contributed by atoms with Gasteiger partial charge in [0.1, 0.15) is 30.5 Å². The summed E-state index contributed by atoms with van der Waals surface area (Å²) in [7, 11) is 0. The molecule has 5 atom stereocenters. The highest BCUT2D eigenvalue weighted by atomic mass is 16.6. The first-order valence-electron chi connectivity index (χ1n) is 7.21. The summed E-state index contributed by atoms with van der Waals surface area (Å²) in [6.45, 7) is -0.802. The molecule has 7 N–H and O–H groups in total. The van der Waals surface area contributed by atoms with Crippen molar-refractivity contribution in [3.8, 4) is 0 Å². The van der Waals surface area contributed by atoms with Crippen LogP contribution >= 0.6 is 0 Å². The van der Waals surface area contributed by atoms with Gasteiger partial charge in [-0.05, 0) is 6.42 Å². The number of aromatic amines is 1. The van der Waals surface area contributed by atoms with Crippen molar-refractivity contribution in [2.75, 3.05) is 6.61 Å². The van der Waals surface area contributed by atoms with Gasteiger partial charge < -0.3 is 35.9 Å². The third-order valence-corrected chi connectivity index (χ3v) is 3.92. The van der Waals surface area contributed by atoms with Gasteiger partial charge in [-0.2, -0.15) is 0 Å². The zero-order chi connectivity index (χ0) is 18.0. The number of aromatic nitrogens is 2. The minimum absolute atomic E-state index is 0.124. The Morgan fingerprint density at radius 2 is 2.04 bits per heavy atom. The first-order valence-corrected chi connectivity index (χ1v) is 7.21. The lowest BCUT2D eigenvalue weighted by atomic mass is 10.0. The summed E-state index contributed by atoms with van der Waals surface area (Å²) >= 11 is 0. The predicted octanol–water partition coefficient (Wildman–Crippen LogP) is -3.51. The molecular formula is C13H19N3O8. The zero-order valence-corrected chi connectivity index (χ0v) is 12.5. The van der Waals surface area contributed by atoms with Crippen LogP contribution in [0.1, 0.15) is 18.1 Å². The number of carboxylic acids is 1. The quantitative estimate of drug-likeness (QED) is 0.304. The smallest absolute Gasteiger partial charge is 0.328 e. The first-order chi connectivity index (χ1) is 11.3. The number of aliphatic carboxylic acids is 1. The molecule has 1 saturated heterocycles. The van der Waals surface area contributed by atoms with Crippen LogP contribution in [0.5, 0.6) is 0 Å². The standard InChI is InChI=1S/C13H19N3O8/c14-6(12(21)22)1-2-16-11(20)5(3-15-13(16)23)10-9(19)8(18)7(4-17)24-10/h3,6-10,17-19H,1-2,4,14H2,(H,15,23)(H,21,22)/t6?,7-,8?,9+,10+/m1/s1. The number of hydrogen-bond acceptors (Lipinski definition) is 8. The van der Waals surface area contributed by atoms with Gasteiger partial charge in [0.15, 0.2) is 0 Å². The largest absolute Gasteiger partial charge is 0.480 e. The minimum Gasteiger partial charge on any atom is -0.480 e. The van der Waals surface area contributed by atoms with Crippen LogP contribution in [0.4, 0.5) is 0 Å². The fourth-order valence-electron chi connectivity index (χ4n) is 2.48. The number of rotatable bonds is 6. The maximum Gasteiger partial charge on any atom is 0.328 e. The maximum absolute atomic E-state index is 12.4. The molecule has 0 bridgehead atoms. The lowest BCUT2D eigenvalue weighted by molar-refractivity contribution is -0.138. The number of nitrogens with one attached hydrogen (secondary N) is 1. The Kier molecular flexibility index (Phi) is 5.51. The molecule has 11 heteroatoms. The lowest BCUT2D eigenvalue weighted by Crippen LogP contribution is -2.41. The van der Waals surface area contributed by atoms with E-state index in [9.17, 15) is 24.6 Å². The van der Waals surface area contributed by atoms with E-state index in [1.54, 1.807) is 0 Å². The van der Waals surface area contributed by atoms with E-state index >= 15 is 0 Å². The Balaban J connectivity index is 2.30. The zero-order valence-electron chi connectivity index (χ0n) is 12.5. The molecule has 2 heterocycles. The summed E-state index contributed by atoms with van der Waals surface area (Å²) in [5.41, 5.74) is 3.65. The Hall–Kier alpha value is -2.05. The summed E-state index contributed by atoms with van der Waals surface area (Å²) in [5.74, 6) is -1.26. The molecule has 0 aromatic carbocycles. The van der Waals surface area contributed by atoms with E-state index in [1.807, 2.05) is 0 Å². The van der Waals surface area contributed by atoms with E-state index in [4.69, 9.17) is 20.7 Å². The van der Waals surface area contributed by atoms with Crippen molar-refractivity contribution in [2.45, 2.75) is 43.4 Å². The Bertz CT molecular complexity index is 714. The molecule has 2 unspecified atom stereocenters. The number of nitrogens with two attached hydrogens (primary N) is 1. The fraction of sp³-hybridized carbons (Fsp3) is 0.615. The van der Waals surface area contributed by atoms with Crippen molar-refractivity contribution in [3.05, 3.63) is 32.6 Å². The average Bonchev–Trinajstić information content (AvgIpc) is 2.82. The molecule has 0 spiro atoms. The van der Waals surface area contributed by atoms with Gasteiger partial charge in [-0.25, -0.2) is 4.79 Å². The van der Waals surface area contributed by atoms with Crippen molar-refractivity contribution in [1.29, 1.82) is 0 Å². The normalized spacial score (nSPS) is 28.0. The van der Waals surface area contributed by atoms with Crippen LogP contribution < -0.4 is 17.0 Å². The van der Waals surface area contributed by atoms with Crippen LogP contribution in [0, 0.1) is 0 Å². The van der Waals surface area contributed by atoms with Gasteiger partial charge in [0.05, 0.1) is 12.2 Å². The molecule has 11 nitrogen and oxygen atoms in total. The van der Waals surface area contributed by atoms with Crippen molar-refractivity contribution in [3.63, 3.8) is 0 Å². The summed E-state index contributed by atoms with van der Waals surface area (Å²) in [6.07, 6.45) is -4.25. The van der Waals surface area contributed by atoms with Gasteiger partial charge in [-0.15, -0.1) is 0 Å². The molecule has 0 saturated carbocycles. The summed E-state index contributed by atoms with van der Waals surface area (Å²) in [5, 5.41) is 37.5. The molecule has 1 aliphatic heterocycles. The maximum atomic E-state index is 12.4. The highest BCUT2D eigenvalue weighted by molar-refractivity contribution is 5.72. The monoisotopic (exact) mass is 345 g/mol. The predicted molar refractivity (Wildman–Crippen MR) is 78.3 cm³/mol. The number of ether oxygens (including phenoxy) is 1. The second-order valence-electron chi connectivity index (χ2n) is 5.50. The molecular weight excluding hydrogens is 326 g/mol. The Morgan fingerprint density at radius 3 is 2.58 bits per heavy atom. The fourth-order valence-corrected chi connectivity index (χ4v) is 2.48. The van der Waals surface area contributed by atoms with E-state index in [2.05, 4.69) is 4.98 Å². The molecule has 1 aromatic rings. The van der Waals surface area contributed by atoms with Crippen LogP contribution in [-0.4, -0.2) is 66.9 Å². The SMILES string of the molecule is NC(CCn1c(=O)[nH]cc([C@@H]2O[C@H](CO)C(O)[C@@H]2O)c1=O)C(=O)O. The van der Waals surface area contributed by atoms with Crippen LogP contribution in [0.2, 0.25) is 0 Å². The number of aliphatic hydroxyl groups is 3. The number of nitrogens with zero attached hydrogens (tertiary/aromatic N) is 1. The van der Waals surface area contributed by atoms with Gasteiger partial charge in [0.2, 0.25) is 0 Å². The summed E-state index contributed by atoms with van der Waals surface area (Å²) < 4.78 is 6.00. The molecule has 1 aromatic heterocycles. The second kappa shape index (κ2) is 7.23. The highest BCUT2D eigenvalue weighted by Crippen LogP contribution is 2.31. The summed E-state index contributed by atoms with van der Waals surface area (Å²) in [6, 6.07) is -1.24. The van der Waals surface area contributed by atoms with E-state index in [1.165, 1.54) is 0 Å². The van der Waals surface area contributed by atoms with Gasteiger partial charge >= 0.3 is 11.7 Å². The van der Waals surface area contributed by atoms with E-state index in [-0.39, 0.29) is 18.5 Å². The van der Waals surface area contributed by atoms with E-state index in [0.717, 1.165) is 10.8 Å². The molecule has 1 aliphatic rings. The minimum atomic E-state index is -1.46.